The Kier molecular flexibility index (Phi) is 2.51. The summed E-state index contributed by atoms with van der Waals surface area (Å²) >= 11 is 0. The number of anilines is 1. The van der Waals surface area contributed by atoms with Gasteiger partial charge in [0.2, 0.25) is 0 Å². The van der Waals surface area contributed by atoms with Crippen molar-refractivity contribution in [2.75, 3.05) is 5.73 Å². The molecule has 0 spiro atoms. The predicted molar refractivity (Wildman–Crippen MR) is 60.7 cm³/mol. The summed E-state index contributed by atoms with van der Waals surface area (Å²) in [4.78, 5) is 14.1. The van der Waals surface area contributed by atoms with Crippen molar-refractivity contribution in [3.63, 3.8) is 0 Å². The molecule has 0 aliphatic carbocycles. The Morgan fingerprint density at radius 1 is 1.25 bits per heavy atom. The zero-order valence-electron chi connectivity index (χ0n) is 8.33. The molecule has 1 aromatic carbocycles. The van der Waals surface area contributed by atoms with Crippen LogP contribution in [0.5, 0.6) is 0 Å². The van der Waals surface area contributed by atoms with Gasteiger partial charge in [0.05, 0.1) is 10.5 Å². The van der Waals surface area contributed by atoms with Crippen molar-refractivity contribution in [1.29, 1.82) is 0 Å². The number of nitro groups is 1. The Labute approximate surface area is 91.7 Å². The third-order valence-corrected chi connectivity index (χ3v) is 2.19. The quantitative estimate of drug-likeness (QED) is 0.615. The highest BCUT2D eigenvalue weighted by Gasteiger charge is 2.15. The lowest BCUT2D eigenvalue weighted by molar-refractivity contribution is -0.384. The number of nitrogen functional groups attached to an aromatic ring is 1. The number of hydrogen-bond acceptors (Lipinski definition) is 4. The smallest absolute Gasteiger partial charge is 0.295 e. The molecule has 0 saturated carbocycles. The van der Waals surface area contributed by atoms with Crippen LogP contribution < -0.4 is 5.73 Å². The number of rotatable bonds is 2. The molecule has 0 saturated heterocycles. The van der Waals surface area contributed by atoms with Crippen LogP contribution in [0.1, 0.15) is 0 Å². The topological polar surface area (TPSA) is 82.0 Å². The maximum absolute atomic E-state index is 10.8. The zero-order valence-corrected chi connectivity index (χ0v) is 8.33. The molecule has 0 amide bonds. The van der Waals surface area contributed by atoms with Crippen molar-refractivity contribution in [1.82, 2.24) is 4.98 Å². The monoisotopic (exact) mass is 215 g/mol. The molecule has 0 aliphatic rings. The normalized spacial score (nSPS) is 10.0. The lowest BCUT2D eigenvalue weighted by atomic mass is 10.1. The molecule has 1 aromatic heterocycles. The molecular weight excluding hydrogens is 206 g/mol. The van der Waals surface area contributed by atoms with Gasteiger partial charge in [-0.15, -0.1) is 0 Å². The minimum absolute atomic E-state index is 0.0413. The van der Waals surface area contributed by atoms with Gasteiger partial charge < -0.3 is 5.73 Å². The molecule has 16 heavy (non-hydrogen) atoms. The number of pyridine rings is 1. The number of aromatic nitrogens is 1. The molecule has 2 N–H and O–H groups in total. The van der Waals surface area contributed by atoms with E-state index in [1.165, 1.54) is 12.3 Å². The molecule has 0 fully saturated rings. The Morgan fingerprint density at radius 3 is 2.56 bits per heavy atom. The van der Waals surface area contributed by atoms with E-state index in [2.05, 4.69) is 4.98 Å². The first-order valence-electron chi connectivity index (χ1n) is 4.64. The number of hydrogen-bond donors (Lipinski definition) is 1. The fourth-order valence-electron chi connectivity index (χ4n) is 1.46. The Bertz CT molecular complexity index is 526. The first-order chi connectivity index (χ1) is 7.68. The van der Waals surface area contributed by atoms with E-state index in [0.717, 1.165) is 5.56 Å². The van der Waals surface area contributed by atoms with Crippen molar-refractivity contribution >= 4 is 11.5 Å². The Hall–Kier alpha value is -2.43. The minimum atomic E-state index is -0.464. The van der Waals surface area contributed by atoms with E-state index in [1.807, 2.05) is 18.2 Å². The lowest BCUT2D eigenvalue weighted by Gasteiger charge is -2.03. The van der Waals surface area contributed by atoms with E-state index in [1.54, 1.807) is 12.1 Å². The standard InChI is InChI=1S/C11H9N3O2/c12-11-6-9(8-4-2-1-3-5-8)10(7-13-11)14(15)16/h1-7H,(H2,12,13). The van der Waals surface area contributed by atoms with Crippen molar-refractivity contribution in [3.05, 3.63) is 52.7 Å². The van der Waals surface area contributed by atoms with Crippen molar-refractivity contribution in [2.45, 2.75) is 0 Å². The Balaban J connectivity index is 2.63. The van der Waals surface area contributed by atoms with Gasteiger partial charge >= 0.3 is 0 Å². The highest BCUT2D eigenvalue weighted by molar-refractivity contribution is 5.74. The summed E-state index contributed by atoms with van der Waals surface area (Å²) < 4.78 is 0. The summed E-state index contributed by atoms with van der Waals surface area (Å²) in [6.07, 6.45) is 1.18. The molecule has 0 radical (unpaired) electrons. The Morgan fingerprint density at radius 2 is 1.94 bits per heavy atom. The van der Waals surface area contributed by atoms with Crippen LogP contribution in [-0.4, -0.2) is 9.91 Å². The minimum Gasteiger partial charge on any atom is -0.384 e. The SMILES string of the molecule is Nc1cc(-c2ccccc2)c([N+](=O)[O-])cn1. The second kappa shape index (κ2) is 3.98. The third-order valence-electron chi connectivity index (χ3n) is 2.19. The molecule has 2 aromatic rings. The molecule has 0 aliphatic heterocycles. The molecule has 0 atom stereocenters. The van der Waals surface area contributed by atoms with Gasteiger partial charge in [-0.25, -0.2) is 4.98 Å². The fourth-order valence-corrected chi connectivity index (χ4v) is 1.46. The summed E-state index contributed by atoms with van der Waals surface area (Å²) in [7, 11) is 0. The molecule has 2 rings (SSSR count). The number of benzene rings is 1. The van der Waals surface area contributed by atoms with Crippen molar-refractivity contribution in [2.24, 2.45) is 0 Å². The number of nitrogens with two attached hydrogens (primary N) is 1. The summed E-state index contributed by atoms with van der Waals surface area (Å²) in [6.45, 7) is 0. The predicted octanol–water partition coefficient (Wildman–Crippen LogP) is 2.24. The van der Waals surface area contributed by atoms with Crippen molar-refractivity contribution in [3.8, 4) is 11.1 Å². The van der Waals surface area contributed by atoms with Crippen LogP contribution in [0, 0.1) is 10.1 Å². The first kappa shape index (κ1) is 10.1. The van der Waals surface area contributed by atoms with Gasteiger partial charge in [0.1, 0.15) is 12.0 Å². The van der Waals surface area contributed by atoms with E-state index in [9.17, 15) is 10.1 Å². The molecule has 5 nitrogen and oxygen atoms in total. The maximum atomic E-state index is 10.8. The molecule has 1 heterocycles. The maximum Gasteiger partial charge on any atom is 0.295 e. The summed E-state index contributed by atoms with van der Waals surface area (Å²) in [5, 5.41) is 10.8. The van der Waals surface area contributed by atoms with Gasteiger partial charge in [-0.3, -0.25) is 10.1 Å². The highest BCUT2D eigenvalue weighted by atomic mass is 16.6. The van der Waals surface area contributed by atoms with Gasteiger partial charge in [-0.1, -0.05) is 30.3 Å². The second-order valence-corrected chi connectivity index (χ2v) is 3.25. The van der Waals surface area contributed by atoms with E-state index >= 15 is 0 Å². The largest absolute Gasteiger partial charge is 0.384 e. The third kappa shape index (κ3) is 1.83. The zero-order chi connectivity index (χ0) is 11.5. The van der Waals surface area contributed by atoms with Gasteiger partial charge in [-0.05, 0) is 11.6 Å². The average Bonchev–Trinajstić information content (AvgIpc) is 2.29. The van der Waals surface area contributed by atoms with Crippen LogP contribution in [0.3, 0.4) is 0 Å². The first-order valence-corrected chi connectivity index (χ1v) is 4.64. The van der Waals surface area contributed by atoms with Gasteiger partial charge in [0, 0.05) is 0 Å². The summed E-state index contributed by atoms with van der Waals surface area (Å²) in [5.41, 5.74) is 6.73. The highest BCUT2D eigenvalue weighted by Crippen LogP contribution is 2.29. The molecule has 0 bridgehead atoms. The van der Waals surface area contributed by atoms with Gasteiger partial charge in [0.15, 0.2) is 0 Å². The molecular formula is C11H9N3O2. The van der Waals surface area contributed by atoms with Crippen LogP contribution in [-0.2, 0) is 0 Å². The van der Waals surface area contributed by atoms with Crippen LogP contribution in [0.2, 0.25) is 0 Å². The van der Waals surface area contributed by atoms with Gasteiger partial charge in [-0.2, -0.15) is 0 Å². The lowest BCUT2D eigenvalue weighted by Crippen LogP contribution is -1.96. The van der Waals surface area contributed by atoms with E-state index < -0.39 is 4.92 Å². The molecule has 0 unspecified atom stereocenters. The molecule has 80 valence electrons. The fraction of sp³-hybridized carbons (Fsp3) is 0. The van der Waals surface area contributed by atoms with Crippen LogP contribution in [0.4, 0.5) is 11.5 Å². The van der Waals surface area contributed by atoms with Crippen LogP contribution >= 0.6 is 0 Å². The summed E-state index contributed by atoms with van der Waals surface area (Å²) in [5.74, 6) is 0.268. The van der Waals surface area contributed by atoms with Crippen LogP contribution in [0.25, 0.3) is 11.1 Å². The van der Waals surface area contributed by atoms with E-state index in [0.29, 0.717) is 5.56 Å². The van der Waals surface area contributed by atoms with E-state index in [-0.39, 0.29) is 11.5 Å². The van der Waals surface area contributed by atoms with Gasteiger partial charge in [0.25, 0.3) is 5.69 Å². The summed E-state index contributed by atoms with van der Waals surface area (Å²) in [6, 6.07) is 10.6. The number of nitrogens with zero attached hydrogens (tertiary/aromatic N) is 2. The van der Waals surface area contributed by atoms with Crippen LogP contribution in [0.15, 0.2) is 42.6 Å². The second-order valence-electron chi connectivity index (χ2n) is 3.25. The van der Waals surface area contributed by atoms with E-state index in [4.69, 9.17) is 5.73 Å². The molecule has 5 heteroatoms. The van der Waals surface area contributed by atoms with Crippen molar-refractivity contribution < 1.29 is 4.92 Å². The average molecular weight is 215 g/mol.